The number of rotatable bonds is 5. The molecule has 4 aromatic rings. The van der Waals surface area contributed by atoms with Crippen molar-refractivity contribution in [3.05, 3.63) is 72.4 Å². The van der Waals surface area contributed by atoms with Crippen LogP contribution in [0.2, 0.25) is 0 Å². The number of anilines is 4. The van der Waals surface area contributed by atoms with Crippen LogP contribution in [0.15, 0.2) is 55.1 Å². The van der Waals surface area contributed by atoms with Crippen molar-refractivity contribution >= 4 is 23.1 Å². The van der Waals surface area contributed by atoms with E-state index < -0.39 is 11.6 Å². The predicted octanol–water partition coefficient (Wildman–Crippen LogP) is 4.53. The van der Waals surface area contributed by atoms with Crippen molar-refractivity contribution in [2.45, 2.75) is 6.92 Å². The average Bonchev–Trinajstić information content (AvgIpc) is 3.25. The van der Waals surface area contributed by atoms with Crippen LogP contribution < -0.4 is 19.7 Å². The third-order valence-corrected chi connectivity index (χ3v) is 5.19. The van der Waals surface area contributed by atoms with Crippen molar-refractivity contribution in [3.8, 4) is 17.2 Å². The van der Waals surface area contributed by atoms with Crippen molar-refractivity contribution in [1.29, 1.82) is 0 Å². The van der Waals surface area contributed by atoms with Gasteiger partial charge in [0.25, 0.3) is 0 Å². The van der Waals surface area contributed by atoms with Gasteiger partial charge in [-0.05, 0) is 31.2 Å². The molecule has 33 heavy (non-hydrogen) atoms. The van der Waals surface area contributed by atoms with Gasteiger partial charge in [-0.2, -0.15) is 4.98 Å². The Labute approximate surface area is 188 Å². The zero-order valence-corrected chi connectivity index (χ0v) is 17.9. The summed E-state index contributed by atoms with van der Waals surface area (Å²) < 4.78 is 40.9. The molecule has 3 heterocycles. The predicted molar refractivity (Wildman–Crippen MR) is 119 cm³/mol. The second-order valence-corrected chi connectivity index (χ2v) is 7.41. The maximum Gasteiger partial charge on any atom is 0.229 e. The molecule has 1 aliphatic rings. The highest BCUT2D eigenvalue weighted by molar-refractivity contribution is 5.69. The average molecular weight is 450 g/mol. The van der Waals surface area contributed by atoms with E-state index in [2.05, 4.69) is 20.3 Å². The molecule has 0 amide bonds. The monoisotopic (exact) mass is 450 g/mol. The number of aryl methyl sites for hydroxylation is 1. The number of halogens is 2. The third-order valence-electron chi connectivity index (χ3n) is 5.19. The summed E-state index contributed by atoms with van der Waals surface area (Å²) in [6.07, 6.45) is 5.15. The molecule has 0 atom stereocenters. The van der Waals surface area contributed by atoms with Crippen molar-refractivity contribution in [3.63, 3.8) is 0 Å². The molecular formula is C23H20F2N6O2. The second-order valence-electron chi connectivity index (χ2n) is 7.41. The van der Waals surface area contributed by atoms with E-state index in [0.29, 0.717) is 42.1 Å². The smallest absolute Gasteiger partial charge is 0.229 e. The van der Waals surface area contributed by atoms with E-state index in [1.54, 1.807) is 18.3 Å². The van der Waals surface area contributed by atoms with Gasteiger partial charge in [-0.1, -0.05) is 0 Å². The molecule has 0 saturated heterocycles. The normalized spacial score (nSPS) is 12.8. The molecule has 168 valence electrons. The van der Waals surface area contributed by atoms with E-state index in [-0.39, 0.29) is 5.69 Å². The van der Waals surface area contributed by atoms with E-state index in [4.69, 9.17) is 9.47 Å². The molecule has 2 aromatic heterocycles. The maximum absolute atomic E-state index is 14.4. The first-order valence-corrected chi connectivity index (χ1v) is 10.2. The van der Waals surface area contributed by atoms with E-state index >= 15 is 0 Å². The maximum atomic E-state index is 14.4. The summed E-state index contributed by atoms with van der Waals surface area (Å²) in [5.41, 5.74) is 2.64. The van der Waals surface area contributed by atoms with Gasteiger partial charge in [0.2, 0.25) is 5.95 Å². The van der Waals surface area contributed by atoms with Gasteiger partial charge in [0.15, 0.2) is 11.6 Å². The Morgan fingerprint density at radius 2 is 1.94 bits per heavy atom. The van der Waals surface area contributed by atoms with Crippen LogP contribution in [-0.2, 0) is 0 Å². The molecule has 10 heteroatoms. The minimum absolute atomic E-state index is 0.215. The minimum atomic E-state index is -0.675. The van der Waals surface area contributed by atoms with Crippen molar-refractivity contribution in [1.82, 2.24) is 19.5 Å². The topological polar surface area (TPSA) is 77.3 Å². The number of ether oxygens (including phenoxy) is 2. The zero-order chi connectivity index (χ0) is 22.9. The van der Waals surface area contributed by atoms with Gasteiger partial charge in [0, 0.05) is 24.0 Å². The molecule has 0 unspecified atom stereocenters. The highest BCUT2D eigenvalue weighted by Crippen LogP contribution is 2.37. The van der Waals surface area contributed by atoms with Crippen LogP contribution in [0.25, 0.3) is 5.69 Å². The van der Waals surface area contributed by atoms with Gasteiger partial charge in [-0.3, -0.25) is 0 Å². The molecule has 2 aromatic carbocycles. The van der Waals surface area contributed by atoms with Crippen LogP contribution in [-0.4, -0.2) is 39.8 Å². The number of hydrogen-bond donors (Lipinski definition) is 1. The minimum Gasteiger partial charge on any atom is -0.494 e. The Hall–Kier alpha value is -4.21. The van der Waals surface area contributed by atoms with Gasteiger partial charge in [-0.25, -0.2) is 18.7 Å². The van der Waals surface area contributed by atoms with E-state index in [1.165, 1.54) is 18.3 Å². The summed E-state index contributed by atoms with van der Waals surface area (Å²) in [7, 11) is 1.59. The fraction of sp³-hybridized carbons (Fsp3) is 0.174. The molecular weight excluding hydrogens is 430 g/mol. The van der Waals surface area contributed by atoms with Gasteiger partial charge >= 0.3 is 0 Å². The molecule has 1 aliphatic heterocycles. The lowest BCUT2D eigenvalue weighted by atomic mass is 10.2. The van der Waals surface area contributed by atoms with Crippen LogP contribution in [0, 0.1) is 18.6 Å². The molecule has 0 aliphatic carbocycles. The Kier molecular flexibility index (Phi) is 5.25. The lowest BCUT2D eigenvalue weighted by molar-refractivity contribution is 0.310. The van der Waals surface area contributed by atoms with Crippen LogP contribution in [0.1, 0.15) is 5.69 Å². The van der Waals surface area contributed by atoms with Gasteiger partial charge < -0.3 is 24.3 Å². The molecule has 5 rings (SSSR count). The van der Waals surface area contributed by atoms with Crippen LogP contribution in [0.3, 0.4) is 0 Å². The van der Waals surface area contributed by atoms with Crippen LogP contribution in [0.5, 0.6) is 11.5 Å². The highest BCUT2D eigenvalue weighted by atomic mass is 19.1. The Balaban J connectivity index is 1.46. The van der Waals surface area contributed by atoms with E-state index in [1.807, 2.05) is 35.9 Å². The van der Waals surface area contributed by atoms with Crippen molar-refractivity contribution in [2.75, 3.05) is 30.5 Å². The molecule has 0 radical (unpaired) electrons. The van der Waals surface area contributed by atoms with Crippen LogP contribution >= 0.6 is 0 Å². The number of benzene rings is 2. The summed E-state index contributed by atoms with van der Waals surface area (Å²) in [5, 5.41) is 3.15. The Bertz CT molecular complexity index is 1330. The number of methoxy groups -OCH3 is 1. The first-order valence-electron chi connectivity index (χ1n) is 10.2. The van der Waals surface area contributed by atoms with Gasteiger partial charge in [-0.15, -0.1) is 0 Å². The molecule has 0 bridgehead atoms. The highest BCUT2D eigenvalue weighted by Gasteiger charge is 2.25. The summed E-state index contributed by atoms with van der Waals surface area (Å²) in [6.45, 7) is 2.60. The number of aromatic nitrogens is 4. The summed E-state index contributed by atoms with van der Waals surface area (Å²) in [5.74, 6) is 0.415. The first-order chi connectivity index (χ1) is 16.0. The van der Waals surface area contributed by atoms with E-state index in [9.17, 15) is 8.78 Å². The number of nitrogens with zero attached hydrogens (tertiary/aromatic N) is 5. The molecule has 0 spiro atoms. The van der Waals surface area contributed by atoms with Crippen LogP contribution in [0.4, 0.5) is 31.9 Å². The lowest BCUT2D eigenvalue weighted by Gasteiger charge is -2.30. The fourth-order valence-electron chi connectivity index (χ4n) is 3.66. The number of imidazole rings is 1. The number of hydrogen-bond acceptors (Lipinski definition) is 7. The van der Waals surface area contributed by atoms with E-state index in [0.717, 1.165) is 17.4 Å². The van der Waals surface area contributed by atoms with Gasteiger partial charge in [0.1, 0.15) is 24.0 Å². The molecule has 1 N–H and O–H groups in total. The summed E-state index contributed by atoms with van der Waals surface area (Å²) in [6, 6.07) is 9.02. The SMILES string of the molecule is COc1cc(Nc2ncc3c(n2)N(c2ccc(F)cc2F)CCO3)ccc1-n1cnc(C)c1. The zero-order valence-electron chi connectivity index (χ0n) is 17.9. The summed E-state index contributed by atoms with van der Waals surface area (Å²) in [4.78, 5) is 14.7. The molecule has 8 nitrogen and oxygen atoms in total. The van der Waals surface area contributed by atoms with Gasteiger partial charge in [0.05, 0.1) is 43.2 Å². The molecule has 0 saturated carbocycles. The number of nitrogens with one attached hydrogen (secondary N) is 1. The second kappa shape index (κ2) is 8.38. The first kappa shape index (κ1) is 20.7. The quantitative estimate of drug-likeness (QED) is 0.479. The van der Waals surface area contributed by atoms with Crippen molar-refractivity contribution in [2.24, 2.45) is 0 Å². The largest absolute Gasteiger partial charge is 0.494 e. The Morgan fingerprint density at radius 3 is 2.70 bits per heavy atom. The number of fused-ring (bicyclic) bond motifs is 1. The fourth-order valence-corrected chi connectivity index (χ4v) is 3.66. The lowest BCUT2D eigenvalue weighted by Crippen LogP contribution is -2.30. The van der Waals surface area contributed by atoms with Crippen molar-refractivity contribution < 1.29 is 18.3 Å². The third kappa shape index (κ3) is 4.02. The molecule has 0 fully saturated rings. The summed E-state index contributed by atoms with van der Waals surface area (Å²) >= 11 is 0. The Morgan fingerprint density at radius 1 is 1.09 bits per heavy atom. The standard InChI is InChI=1S/C23H20F2N6O2/c1-14-12-30(13-27-14)19-6-4-16(10-20(19)32-2)28-23-26-11-21-22(29-23)31(7-8-33-21)18-5-3-15(24)9-17(18)25/h3-6,9-13H,7-8H2,1-2H3,(H,26,28,29).